The van der Waals surface area contributed by atoms with Gasteiger partial charge in [-0.25, -0.2) is 4.39 Å². The van der Waals surface area contributed by atoms with Gasteiger partial charge >= 0.3 is 0 Å². The Morgan fingerprint density at radius 3 is 2.80 bits per heavy atom. The fourth-order valence-corrected chi connectivity index (χ4v) is 1.49. The zero-order chi connectivity index (χ0) is 11.3. The molecule has 1 rings (SSSR count). The van der Waals surface area contributed by atoms with Crippen LogP contribution in [0.2, 0.25) is 0 Å². The second-order valence-electron chi connectivity index (χ2n) is 2.93. The summed E-state index contributed by atoms with van der Waals surface area (Å²) in [6, 6.07) is 4.36. The number of hydrogen-bond acceptors (Lipinski definition) is 3. The van der Waals surface area contributed by atoms with Crippen LogP contribution in [0.4, 0.5) is 10.1 Å². The van der Waals surface area contributed by atoms with E-state index in [1.54, 1.807) is 0 Å². The molecule has 0 amide bonds. The number of anilines is 1. The molecular formula is C10H10BrFN2O. The minimum atomic E-state index is -0.362. The van der Waals surface area contributed by atoms with Crippen LogP contribution >= 0.6 is 15.9 Å². The molecule has 0 aliphatic carbocycles. The molecule has 80 valence electrons. The van der Waals surface area contributed by atoms with Crippen LogP contribution in [0.15, 0.2) is 22.7 Å². The highest BCUT2D eigenvalue weighted by atomic mass is 79.9. The number of nitrogens with zero attached hydrogens (tertiary/aromatic N) is 2. The first kappa shape index (κ1) is 12.0. The van der Waals surface area contributed by atoms with Crippen molar-refractivity contribution >= 4 is 21.6 Å². The van der Waals surface area contributed by atoms with Crippen molar-refractivity contribution in [1.82, 2.24) is 0 Å². The van der Waals surface area contributed by atoms with Gasteiger partial charge in [0.05, 0.1) is 10.2 Å². The molecule has 0 unspecified atom stereocenters. The number of aliphatic hydroxyl groups is 1. The lowest BCUT2D eigenvalue weighted by atomic mass is 10.3. The average Bonchev–Trinajstić information content (AvgIpc) is 2.24. The van der Waals surface area contributed by atoms with Crippen LogP contribution in [0.5, 0.6) is 0 Å². The summed E-state index contributed by atoms with van der Waals surface area (Å²) in [5, 5.41) is 17.5. The largest absolute Gasteiger partial charge is 0.396 e. The number of rotatable bonds is 4. The summed E-state index contributed by atoms with van der Waals surface area (Å²) in [5.41, 5.74) is 0.610. The van der Waals surface area contributed by atoms with Gasteiger partial charge in [-0.05, 0) is 40.5 Å². The van der Waals surface area contributed by atoms with Crippen molar-refractivity contribution in [2.45, 2.75) is 6.42 Å². The smallest absolute Gasteiger partial charge is 0.184 e. The maximum Gasteiger partial charge on any atom is 0.184 e. The van der Waals surface area contributed by atoms with E-state index in [-0.39, 0.29) is 12.4 Å². The fourth-order valence-electron chi connectivity index (χ4n) is 1.12. The molecule has 0 aliphatic rings. The standard InChI is InChI=1S/C10H10BrFN2O/c11-9-6-8(2-3-10(9)12)14(7-13)4-1-5-15/h2-3,6,15H,1,4-5H2. The third-order valence-corrected chi connectivity index (χ3v) is 2.48. The van der Waals surface area contributed by atoms with Gasteiger partial charge in [-0.2, -0.15) is 5.26 Å². The monoisotopic (exact) mass is 272 g/mol. The van der Waals surface area contributed by atoms with E-state index in [1.165, 1.54) is 23.1 Å². The molecule has 0 radical (unpaired) electrons. The molecule has 0 spiro atoms. The second kappa shape index (κ2) is 5.69. The van der Waals surface area contributed by atoms with Crippen molar-refractivity contribution in [1.29, 1.82) is 5.26 Å². The third kappa shape index (κ3) is 3.18. The molecule has 0 heterocycles. The molecule has 0 fully saturated rings. The highest BCUT2D eigenvalue weighted by Crippen LogP contribution is 2.22. The van der Waals surface area contributed by atoms with Crippen LogP contribution in [0.25, 0.3) is 0 Å². The van der Waals surface area contributed by atoms with Crippen LogP contribution in [0.3, 0.4) is 0 Å². The zero-order valence-corrected chi connectivity index (χ0v) is 9.54. The van der Waals surface area contributed by atoms with Gasteiger partial charge in [-0.3, -0.25) is 4.90 Å². The normalized spacial score (nSPS) is 9.73. The van der Waals surface area contributed by atoms with Gasteiger partial charge in [0.25, 0.3) is 0 Å². The fraction of sp³-hybridized carbons (Fsp3) is 0.300. The lowest BCUT2D eigenvalue weighted by Crippen LogP contribution is -2.18. The summed E-state index contributed by atoms with van der Waals surface area (Å²) in [4.78, 5) is 1.40. The van der Waals surface area contributed by atoms with Gasteiger partial charge < -0.3 is 5.11 Å². The number of hydrogen-bond donors (Lipinski definition) is 1. The molecule has 0 aromatic heterocycles. The summed E-state index contributed by atoms with van der Waals surface area (Å²) >= 11 is 3.05. The molecule has 3 nitrogen and oxygen atoms in total. The van der Waals surface area contributed by atoms with E-state index in [1.807, 2.05) is 6.19 Å². The van der Waals surface area contributed by atoms with Gasteiger partial charge in [-0.1, -0.05) is 0 Å². The van der Waals surface area contributed by atoms with Crippen molar-refractivity contribution in [3.8, 4) is 6.19 Å². The molecular weight excluding hydrogens is 263 g/mol. The first-order chi connectivity index (χ1) is 7.19. The predicted octanol–water partition coefficient (Wildman–Crippen LogP) is 2.26. The van der Waals surface area contributed by atoms with Crippen LogP contribution in [-0.2, 0) is 0 Å². The highest BCUT2D eigenvalue weighted by molar-refractivity contribution is 9.10. The molecule has 1 aromatic rings. The predicted molar refractivity (Wildman–Crippen MR) is 58.8 cm³/mol. The van der Waals surface area contributed by atoms with Gasteiger partial charge in [0.15, 0.2) is 6.19 Å². The molecule has 15 heavy (non-hydrogen) atoms. The molecule has 5 heteroatoms. The van der Waals surface area contributed by atoms with Crippen molar-refractivity contribution in [3.05, 3.63) is 28.5 Å². The summed E-state index contributed by atoms with van der Waals surface area (Å²) < 4.78 is 13.3. The van der Waals surface area contributed by atoms with Crippen molar-refractivity contribution < 1.29 is 9.50 Å². The van der Waals surface area contributed by atoms with Crippen LogP contribution < -0.4 is 4.90 Å². The van der Waals surface area contributed by atoms with E-state index in [0.717, 1.165) is 0 Å². The summed E-state index contributed by atoms with van der Waals surface area (Å²) in [7, 11) is 0. The number of aliphatic hydroxyl groups excluding tert-OH is 1. The molecule has 1 N–H and O–H groups in total. The van der Waals surface area contributed by atoms with E-state index in [9.17, 15) is 4.39 Å². The first-order valence-corrected chi connectivity index (χ1v) is 5.21. The second-order valence-corrected chi connectivity index (χ2v) is 3.78. The molecule has 0 aliphatic heterocycles. The molecule has 0 saturated heterocycles. The van der Waals surface area contributed by atoms with Gasteiger partial charge in [0.1, 0.15) is 5.82 Å². The average molecular weight is 273 g/mol. The zero-order valence-electron chi connectivity index (χ0n) is 7.95. The topological polar surface area (TPSA) is 47.3 Å². The quantitative estimate of drug-likeness (QED) is 0.676. The molecule has 0 bridgehead atoms. The van der Waals surface area contributed by atoms with E-state index >= 15 is 0 Å². The Labute approximate surface area is 95.9 Å². The third-order valence-electron chi connectivity index (χ3n) is 1.88. The summed E-state index contributed by atoms with van der Waals surface area (Å²) in [5.74, 6) is -0.362. The van der Waals surface area contributed by atoms with E-state index < -0.39 is 0 Å². The highest BCUT2D eigenvalue weighted by Gasteiger charge is 2.07. The van der Waals surface area contributed by atoms with E-state index in [2.05, 4.69) is 15.9 Å². The summed E-state index contributed by atoms with van der Waals surface area (Å²) in [6.07, 6.45) is 2.48. The Morgan fingerprint density at radius 1 is 1.53 bits per heavy atom. The van der Waals surface area contributed by atoms with Gasteiger partial charge in [0.2, 0.25) is 0 Å². The van der Waals surface area contributed by atoms with Crippen LogP contribution in [0.1, 0.15) is 6.42 Å². The van der Waals surface area contributed by atoms with Crippen LogP contribution in [-0.4, -0.2) is 18.3 Å². The lowest BCUT2D eigenvalue weighted by Gasteiger charge is -2.15. The van der Waals surface area contributed by atoms with Gasteiger partial charge in [-0.15, -0.1) is 0 Å². The Bertz CT molecular complexity index is 378. The Hall–Kier alpha value is -1.12. The number of nitriles is 1. The van der Waals surface area contributed by atoms with Crippen molar-refractivity contribution in [3.63, 3.8) is 0 Å². The maximum atomic E-state index is 12.9. The van der Waals surface area contributed by atoms with E-state index in [0.29, 0.717) is 23.1 Å². The van der Waals surface area contributed by atoms with Gasteiger partial charge in [0, 0.05) is 13.2 Å². The summed E-state index contributed by atoms with van der Waals surface area (Å²) in [6.45, 7) is 0.450. The van der Waals surface area contributed by atoms with Crippen molar-refractivity contribution in [2.75, 3.05) is 18.1 Å². The van der Waals surface area contributed by atoms with Crippen LogP contribution in [0, 0.1) is 17.3 Å². The molecule has 0 saturated carbocycles. The Morgan fingerprint density at radius 2 is 2.27 bits per heavy atom. The SMILES string of the molecule is N#CN(CCCO)c1ccc(F)c(Br)c1. The van der Waals surface area contributed by atoms with Crippen molar-refractivity contribution in [2.24, 2.45) is 0 Å². The number of benzene rings is 1. The minimum absolute atomic E-state index is 0.0283. The first-order valence-electron chi connectivity index (χ1n) is 4.42. The molecule has 1 aromatic carbocycles. The minimum Gasteiger partial charge on any atom is -0.396 e. The Kier molecular flexibility index (Phi) is 4.53. The van der Waals surface area contributed by atoms with E-state index in [4.69, 9.17) is 10.4 Å². The lowest BCUT2D eigenvalue weighted by molar-refractivity contribution is 0.291. The Balaban J connectivity index is 2.84. The number of halogens is 2. The maximum absolute atomic E-state index is 12.9. The molecule has 0 atom stereocenters.